The molecule has 0 bridgehead atoms. The predicted molar refractivity (Wildman–Crippen MR) is 107 cm³/mol. The molecule has 0 aliphatic heterocycles. The van der Waals surface area contributed by atoms with E-state index < -0.39 is 67.0 Å². The molecule has 4 atom stereocenters. The number of carbonyl (C=O) groups is 5. The number of rotatable bonds is 15. The maximum atomic E-state index is 12.3. The number of primary amides is 1. The van der Waals surface area contributed by atoms with Crippen LogP contribution in [0.5, 0.6) is 0 Å². The Labute approximate surface area is 177 Å². The minimum absolute atomic E-state index is 0.286. The van der Waals surface area contributed by atoms with E-state index in [0.717, 1.165) is 0 Å². The summed E-state index contributed by atoms with van der Waals surface area (Å²) >= 11 is 1.48. The maximum absolute atomic E-state index is 12.3. The van der Waals surface area contributed by atoms with Crippen LogP contribution < -0.4 is 27.4 Å². The smallest absolute Gasteiger partial charge is 0.326 e. The average molecular weight is 452 g/mol. The van der Waals surface area contributed by atoms with Crippen molar-refractivity contribution in [3.63, 3.8) is 0 Å². The summed E-state index contributed by atoms with van der Waals surface area (Å²) in [7, 11) is 0. The number of aliphatic hydroxyl groups excluding tert-OH is 2. The molecular formula is C16H29N5O8S. The molecule has 10 N–H and O–H groups in total. The number of carboxylic acids is 1. The van der Waals surface area contributed by atoms with Crippen LogP contribution in [0.4, 0.5) is 0 Å². The molecular weight excluding hydrogens is 422 g/mol. The van der Waals surface area contributed by atoms with Gasteiger partial charge in [0.2, 0.25) is 23.6 Å². The maximum Gasteiger partial charge on any atom is 0.326 e. The lowest BCUT2D eigenvalue weighted by Crippen LogP contribution is -2.59. The van der Waals surface area contributed by atoms with Gasteiger partial charge in [-0.05, 0) is 24.9 Å². The quantitative estimate of drug-likeness (QED) is 0.120. The van der Waals surface area contributed by atoms with Gasteiger partial charge in [-0.15, -0.1) is 0 Å². The van der Waals surface area contributed by atoms with E-state index in [2.05, 4.69) is 16.0 Å². The van der Waals surface area contributed by atoms with E-state index in [1.165, 1.54) is 11.8 Å². The molecule has 0 aliphatic rings. The summed E-state index contributed by atoms with van der Waals surface area (Å²) in [6, 6.07) is -5.38. The molecule has 4 unspecified atom stereocenters. The van der Waals surface area contributed by atoms with Crippen molar-refractivity contribution in [3.05, 3.63) is 0 Å². The van der Waals surface area contributed by atoms with Crippen LogP contribution in [0.25, 0.3) is 0 Å². The topological polar surface area (TPSA) is 234 Å². The number of thioether (sulfide) groups is 1. The molecule has 14 heteroatoms. The standard InChI is InChI=1S/C16H29N5O8S/c1-30-5-4-8(17)13(25)20-10(6-22)15(27)21-11(7-23)14(26)19-9(16(28)29)2-3-12(18)24/h8-11,22-23H,2-7,17H2,1H3,(H2,18,24)(H,19,26)(H,20,25)(H,21,27)(H,28,29). The minimum Gasteiger partial charge on any atom is -0.480 e. The van der Waals surface area contributed by atoms with Gasteiger partial charge in [0.1, 0.15) is 18.1 Å². The molecule has 172 valence electrons. The van der Waals surface area contributed by atoms with Crippen LogP contribution >= 0.6 is 11.8 Å². The third-order valence-corrected chi connectivity index (χ3v) is 4.54. The SMILES string of the molecule is CSCCC(N)C(=O)NC(CO)C(=O)NC(CO)C(=O)NC(CCC(N)=O)C(=O)O. The Morgan fingerprint density at radius 2 is 1.33 bits per heavy atom. The molecule has 0 aromatic carbocycles. The van der Waals surface area contributed by atoms with Gasteiger partial charge in [-0.25, -0.2) is 4.79 Å². The number of carboxylic acid groups (broad SMARTS) is 1. The second kappa shape index (κ2) is 14.5. The van der Waals surface area contributed by atoms with E-state index >= 15 is 0 Å². The van der Waals surface area contributed by atoms with Crippen molar-refractivity contribution in [2.45, 2.75) is 43.4 Å². The van der Waals surface area contributed by atoms with Crippen LogP contribution in [0.15, 0.2) is 0 Å². The van der Waals surface area contributed by atoms with E-state index in [1.54, 1.807) is 0 Å². The molecule has 0 aromatic heterocycles. The lowest BCUT2D eigenvalue weighted by molar-refractivity contribution is -0.143. The lowest BCUT2D eigenvalue weighted by atomic mass is 10.1. The van der Waals surface area contributed by atoms with Gasteiger partial charge in [0.25, 0.3) is 0 Å². The fraction of sp³-hybridized carbons (Fsp3) is 0.688. The van der Waals surface area contributed by atoms with Gasteiger partial charge in [-0.1, -0.05) is 0 Å². The zero-order valence-corrected chi connectivity index (χ0v) is 17.3. The van der Waals surface area contributed by atoms with E-state index in [9.17, 15) is 34.2 Å². The first kappa shape index (κ1) is 27.6. The number of aliphatic carboxylic acids is 1. The van der Waals surface area contributed by atoms with Crippen molar-refractivity contribution >= 4 is 41.4 Å². The van der Waals surface area contributed by atoms with Gasteiger partial charge in [-0.2, -0.15) is 11.8 Å². The summed E-state index contributed by atoms with van der Waals surface area (Å²) in [6.45, 7) is -1.69. The largest absolute Gasteiger partial charge is 0.480 e. The van der Waals surface area contributed by atoms with Gasteiger partial charge in [0.15, 0.2) is 0 Å². The van der Waals surface area contributed by atoms with Gasteiger partial charge in [0, 0.05) is 6.42 Å². The zero-order chi connectivity index (χ0) is 23.3. The van der Waals surface area contributed by atoms with Crippen LogP contribution in [-0.4, -0.2) is 94.3 Å². The molecule has 0 fully saturated rings. The van der Waals surface area contributed by atoms with E-state index in [-0.39, 0.29) is 12.8 Å². The number of hydrogen-bond acceptors (Lipinski definition) is 9. The lowest BCUT2D eigenvalue weighted by Gasteiger charge is -2.23. The minimum atomic E-state index is -1.57. The Morgan fingerprint density at radius 3 is 1.73 bits per heavy atom. The molecule has 0 rings (SSSR count). The van der Waals surface area contributed by atoms with Crippen molar-refractivity contribution in [2.75, 3.05) is 25.2 Å². The van der Waals surface area contributed by atoms with Crippen LogP contribution in [0, 0.1) is 0 Å². The Hall–Kier alpha value is -2.42. The number of nitrogens with two attached hydrogens (primary N) is 2. The summed E-state index contributed by atoms with van der Waals surface area (Å²) in [5.41, 5.74) is 10.6. The number of hydrogen-bond donors (Lipinski definition) is 8. The van der Waals surface area contributed by atoms with Crippen molar-refractivity contribution in [3.8, 4) is 0 Å². The molecule has 0 aromatic rings. The zero-order valence-electron chi connectivity index (χ0n) is 16.5. The van der Waals surface area contributed by atoms with Gasteiger partial charge in [0.05, 0.1) is 19.3 Å². The number of nitrogens with one attached hydrogen (secondary N) is 3. The number of amides is 4. The van der Waals surface area contributed by atoms with Crippen molar-refractivity contribution in [1.82, 2.24) is 16.0 Å². The number of carbonyl (C=O) groups excluding carboxylic acids is 4. The second-order valence-corrected chi connectivity index (χ2v) is 7.27. The molecule has 0 radical (unpaired) electrons. The van der Waals surface area contributed by atoms with Crippen LogP contribution in [0.2, 0.25) is 0 Å². The highest BCUT2D eigenvalue weighted by Gasteiger charge is 2.29. The summed E-state index contributed by atoms with van der Waals surface area (Å²) < 4.78 is 0. The summed E-state index contributed by atoms with van der Waals surface area (Å²) in [5.74, 6) is -4.30. The highest BCUT2D eigenvalue weighted by atomic mass is 32.2. The summed E-state index contributed by atoms with van der Waals surface area (Å²) in [5, 5.41) is 34.3. The molecule has 0 aliphatic carbocycles. The second-order valence-electron chi connectivity index (χ2n) is 6.28. The van der Waals surface area contributed by atoms with E-state index in [1.807, 2.05) is 6.26 Å². The Morgan fingerprint density at radius 1 is 0.867 bits per heavy atom. The van der Waals surface area contributed by atoms with Crippen LogP contribution in [-0.2, 0) is 24.0 Å². The van der Waals surface area contributed by atoms with Crippen LogP contribution in [0.1, 0.15) is 19.3 Å². The normalized spacial score (nSPS) is 14.7. The first-order valence-corrected chi connectivity index (χ1v) is 10.3. The van der Waals surface area contributed by atoms with E-state index in [0.29, 0.717) is 12.2 Å². The number of aliphatic hydroxyl groups is 2. The van der Waals surface area contributed by atoms with Crippen molar-refractivity contribution < 1.29 is 39.3 Å². The van der Waals surface area contributed by atoms with Gasteiger partial charge in [-0.3, -0.25) is 19.2 Å². The predicted octanol–water partition coefficient (Wildman–Crippen LogP) is -4.14. The first-order chi connectivity index (χ1) is 14.1. The molecule has 0 saturated carbocycles. The third kappa shape index (κ3) is 10.4. The highest BCUT2D eigenvalue weighted by molar-refractivity contribution is 7.98. The molecule has 0 heterocycles. The van der Waals surface area contributed by atoms with Gasteiger partial charge < -0.3 is 42.7 Å². The molecule has 13 nitrogen and oxygen atoms in total. The monoisotopic (exact) mass is 451 g/mol. The Balaban J connectivity index is 4.94. The van der Waals surface area contributed by atoms with Crippen molar-refractivity contribution in [2.24, 2.45) is 11.5 Å². The van der Waals surface area contributed by atoms with Gasteiger partial charge >= 0.3 is 5.97 Å². The van der Waals surface area contributed by atoms with E-state index in [4.69, 9.17) is 16.6 Å². The van der Waals surface area contributed by atoms with Crippen LogP contribution in [0.3, 0.4) is 0 Å². The molecule has 30 heavy (non-hydrogen) atoms. The summed E-state index contributed by atoms with van der Waals surface area (Å²) in [4.78, 5) is 58.4. The molecule has 0 spiro atoms. The molecule has 0 saturated heterocycles. The Bertz CT molecular complexity index is 620. The van der Waals surface area contributed by atoms with Crippen molar-refractivity contribution in [1.29, 1.82) is 0 Å². The third-order valence-electron chi connectivity index (χ3n) is 3.89. The average Bonchev–Trinajstić information content (AvgIpc) is 2.70. The highest BCUT2D eigenvalue weighted by Crippen LogP contribution is 2.01. The molecule has 4 amide bonds. The fourth-order valence-corrected chi connectivity index (χ4v) is 2.62. The Kier molecular flexibility index (Phi) is 13.4. The first-order valence-electron chi connectivity index (χ1n) is 8.95. The summed E-state index contributed by atoms with van der Waals surface area (Å²) in [6.07, 6.45) is 1.59. The fourth-order valence-electron chi connectivity index (χ4n) is 2.13.